The van der Waals surface area contributed by atoms with Crippen LogP contribution in [0.25, 0.3) is 16.9 Å². The van der Waals surface area contributed by atoms with Crippen molar-refractivity contribution in [2.24, 2.45) is 0 Å². The van der Waals surface area contributed by atoms with Crippen molar-refractivity contribution in [3.8, 4) is 22.7 Å². The van der Waals surface area contributed by atoms with Crippen LogP contribution in [0.2, 0.25) is 0 Å². The fraction of sp³-hybridized carbons (Fsp3) is 0.0870. The number of benzene rings is 2. The summed E-state index contributed by atoms with van der Waals surface area (Å²) < 4.78 is 20.1. The summed E-state index contributed by atoms with van der Waals surface area (Å²) in [5.74, 6) is 0.0599. The maximum atomic E-state index is 13.4. The Morgan fingerprint density at radius 1 is 1.07 bits per heavy atom. The number of halogens is 1. The van der Waals surface area contributed by atoms with E-state index >= 15 is 0 Å². The molecule has 6 nitrogen and oxygen atoms in total. The summed E-state index contributed by atoms with van der Waals surface area (Å²) in [6, 6.07) is 20.4. The maximum Gasteiger partial charge on any atom is 0.270 e. The van der Waals surface area contributed by atoms with E-state index in [-0.39, 0.29) is 18.3 Å². The molecular formula is C23H19FN4O2. The van der Waals surface area contributed by atoms with Crippen LogP contribution in [0.5, 0.6) is 5.75 Å². The number of nitrogens with one attached hydrogen (secondary N) is 1. The number of carbonyl (C=O) groups is 1. The Morgan fingerprint density at radius 2 is 1.83 bits per heavy atom. The Balaban J connectivity index is 1.68. The van der Waals surface area contributed by atoms with E-state index in [2.05, 4.69) is 15.4 Å². The van der Waals surface area contributed by atoms with E-state index in [0.717, 1.165) is 17.0 Å². The minimum Gasteiger partial charge on any atom is -0.497 e. The van der Waals surface area contributed by atoms with Gasteiger partial charge in [-0.05, 0) is 66.7 Å². The first-order chi connectivity index (χ1) is 14.6. The highest BCUT2D eigenvalue weighted by molar-refractivity contribution is 5.94. The molecule has 30 heavy (non-hydrogen) atoms. The number of ether oxygens (including phenoxy) is 1. The van der Waals surface area contributed by atoms with Gasteiger partial charge in [0.2, 0.25) is 0 Å². The number of rotatable bonds is 6. The predicted molar refractivity (Wildman–Crippen MR) is 111 cm³/mol. The van der Waals surface area contributed by atoms with Crippen LogP contribution >= 0.6 is 0 Å². The minimum absolute atomic E-state index is 0.284. The van der Waals surface area contributed by atoms with Crippen LogP contribution in [0, 0.1) is 5.82 Å². The highest BCUT2D eigenvalue weighted by Crippen LogP contribution is 2.24. The van der Waals surface area contributed by atoms with Gasteiger partial charge in [0.15, 0.2) is 0 Å². The first kappa shape index (κ1) is 19.3. The van der Waals surface area contributed by atoms with E-state index in [9.17, 15) is 9.18 Å². The first-order valence-electron chi connectivity index (χ1n) is 9.32. The van der Waals surface area contributed by atoms with Crippen LogP contribution in [0.4, 0.5) is 4.39 Å². The van der Waals surface area contributed by atoms with Gasteiger partial charge in [0.25, 0.3) is 5.91 Å². The fourth-order valence-corrected chi connectivity index (χ4v) is 2.99. The molecule has 1 N–H and O–H groups in total. The van der Waals surface area contributed by atoms with E-state index in [0.29, 0.717) is 17.1 Å². The normalized spacial score (nSPS) is 10.6. The molecule has 0 radical (unpaired) electrons. The van der Waals surface area contributed by atoms with Crippen LogP contribution in [0.15, 0.2) is 79.0 Å². The predicted octanol–water partition coefficient (Wildman–Crippen LogP) is 4.01. The van der Waals surface area contributed by atoms with Gasteiger partial charge in [-0.2, -0.15) is 5.10 Å². The molecule has 0 aliphatic heterocycles. The Morgan fingerprint density at radius 3 is 2.50 bits per heavy atom. The molecule has 0 spiro atoms. The van der Waals surface area contributed by atoms with Crippen molar-refractivity contribution in [3.05, 3.63) is 96.2 Å². The van der Waals surface area contributed by atoms with E-state index < -0.39 is 0 Å². The number of nitrogens with zero attached hydrogens (tertiary/aromatic N) is 3. The molecule has 0 aliphatic rings. The zero-order valence-electron chi connectivity index (χ0n) is 16.2. The lowest BCUT2D eigenvalue weighted by Gasteiger charge is -2.08. The van der Waals surface area contributed by atoms with Gasteiger partial charge in [-0.1, -0.05) is 6.07 Å². The van der Waals surface area contributed by atoms with Crippen molar-refractivity contribution in [2.45, 2.75) is 6.54 Å². The third-order valence-electron chi connectivity index (χ3n) is 4.56. The lowest BCUT2D eigenvalue weighted by atomic mass is 10.1. The van der Waals surface area contributed by atoms with Gasteiger partial charge >= 0.3 is 0 Å². The second kappa shape index (κ2) is 8.57. The number of amides is 1. The number of methoxy groups -OCH3 is 1. The highest BCUT2D eigenvalue weighted by atomic mass is 19.1. The van der Waals surface area contributed by atoms with Gasteiger partial charge in [0, 0.05) is 11.8 Å². The Hall–Kier alpha value is -4.00. The Kier molecular flexibility index (Phi) is 5.52. The molecule has 150 valence electrons. The van der Waals surface area contributed by atoms with Gasteiger partial charge in [0.1, 0.15) is 17.3 Å². The van der Waals surface area contributed by atoms with E-state index in [1.165, 1.54) is 16.8 Å². The van der Waals surface area contributed by atoms with Gasteiger partial charge in [-0.25, -0.2) is 9.07 Å². The van der Waals surface area contributed by atoms with Crippen LogP contribution in [0.1, 0.15) is 16.2 Å². The second-order valence-electron chi connectivity index (χ2n) is 6.54. The topological polar surface area (TPSA) is 69.0 Å². The molecule has 2 aromatic heterocycles. The van der Waals surface area contributed by atoms with Gasteiger partial charge < -0.3 is 10.1 Å². The number of hydrogen-bond acceptors (Lipinski definition) is 4. The molecule has 0 fully saturated rings. The molecule has 0 aliphatic carbocycles. The average molecular weight is 402 g/mol. The third-order valence-corrected chi connectivity index (χ3v) is 4.56. The van der Waals surface area contributed by atoms with Crippen molar-refractivity contribution in [2.75, 3.05) is 7.11 Å². The highest BCUT2D eigenvalue weighted by Gasteiger charge is 2.18. The van der Waals surface area contributed by atoms with Gasteiger partial charge in [-0.3, -0.25) is 9.78 Å². The van der Waals surface area contributed by atoms with E-state index in [1.54, 1.807) is 31.5 Å². The molecule has 0 saturated carbocycles. The maximum absolute atomic E-state index is 13.4. The van der Waals surface area contributed by atoms with Crippen LogP contribution in [-0.2, 0) is 6.54 Å². The van der Waals surface area contributed by atoms with Gasteiger partial charge in [0.05, 0.1) is 30.7 Å². The molecule has 2 aromatic carbocycles. The molecule has 0 bridgehead atoms. The summed E-state index contributed by atoms with van der Waals surface area (Å²) >= 11 is 0. The Bertz CT molecular complexity index is 1140. The Labute approximate surface area is 173 Å². The smallest absolute Gasteiger partial charge is 0.270 e. The largest absolute Gasteiger partial charge is 0.497 e. The molecule has 7 heteroatoms. The molecule has 2 heterocycles. The number of aromatic nitrogens is 3. The number of pyridine rings is 1. The summed E-state index contributed by atoms with van der Waals surface area (Å²) in [4.78, 5) is 17.1. The lowest BCUT2D eigenvalue weighted by molar-refractivity contribution is 0.0942. The van der Waals surface area contributed by atoms with Crippen molar-refractivity contribution in [1.29, 1.82) is 0 Å². The van der Waals surface area contributed by atoms with E-state index in [4.69, 9.17) is 4.74 Å². The molecule has 0 unspecified atom stereocenters. The average Bonchev–Trinajstić information content (AvgIpc) is 3.24. The number of hydrogen-bond donors (Lipinski definition) is 1. The van der Waals surface area contributed by atoms with E-state index in [1.807, 2.05) is 42.5 Å². The summed E-state index contributed by atoms with van der Waals surface area (Å²) in [7, 11) is 1.60. The monoisotopic (exact) mass is 402 g/mol. The van der Waals surface area contributed by atoms with Crippen molar-refractivity contribution in [1.82, 2.24) is 20.1 Å². The summed E-state index contributed by atoms with van der Waals surface area (Å²) in [5.41, 5.74) is 3.11. The zero-order valence-corrected chi connectivity index (χ0v) is 16.2. The summed E-state index contributed by atoms with van der Waals surface area (Å²) in [6.45, 7) is 0.284. The lowest BCUT2D eigenvalue weighted by Crippen LogP contribution is -2.25. The molecule has 4 aromatic rings. The third kappa shape index (κ3) is 4.20. The molecule has 1 amide bonds. The van der Waals surface area contributed by atoms with Crippen LogP contribution < -0.4 is 10.1 Å². The van der Waals surface area contributed by atoms with Crippen LogP contribution in [-0.4, -0.2) is 27.8 Å². The zero-order chi connectivity index (χ0) is 20.9. The number of carbonyl (C=O) groups excluding carboxylic acids is 1. The fourth-order valence-electron chi connectivity index (χ4n) is 2.99. The minimum atomic E-state index is -0.359. The molecule has 4 rings (SSSR count). The summed E-state index contributed by atoms with van der Waals surface area (Å²) in [5, 5.41) is 7.45. The summed E-state index contributed by atoms with van der Waals surface area (Å²) in [6.07, 6.45) is 1.67. The second-order valence-corrected chi connectivity index (χ2v) is 6.54. The quantitative estimate of drug-likeness (QED) is 0.529. The van der Waals surface area contributed by atoms with Gasteiger partial charge in [-0.15, -0.1) is 0 Å². The molecule has 0 saturated heterocycles. The first-order valence-corrected chi connectivity index (χ1v) is 9.32. The SMILES string of the molecule is COc1ccc(-c2cc(C(=O)NCc3ccccn3)n(-c3ccc(F)cc3)n2)cc1. The van der Waals surface area contributed by atoms with Crippen LogP contribution in [0.3, 0.4) is 0 Å². The van der Waals surface area contributed by atoms with Crippen molar-refractivity contribution in [3.63, 3.8) is 0 Å². The molecular weight excluding hydrogens is 383 g/mol. The van der Waals surface area contributed by atoms with Crippen molar-refractivity contribution < 1.29 is 13.9 Å². The molecule has 0 atom stereocenters. The van der Waals surface area contributed by atoms with Crippen molar-refractivity contribution >= 4 is 5.91 Å². The standard InChI is InChI=1S/C23H19FN4O2/c1-30-20-11-5-16(6-12-20)21-14-22(23(29)26-15-18-4-2-3-13-25-18)28(27-21)19-9-7-17(24)8-10-19/h2-14H,15H2,1H3,(H,26,29).